The topological polar surface area (TPSA) is 130 Å². The molecule has 0 aromatic heterocycles. The summed E-state index contributed by atoms with van der Waals surface area (Å²) in [6.45, 7) is 9.34. The number of benzene rings is 2. The van der Waals surface area contributed by atoms with Crippen molar-refractivity contribution in [3.05, 3.63) is 52.1 Å². The molecule has 8 nitrogen and oxygen atoms in total. The second kappa shape index (κ2) is 9.27. The number of hydrogen-bond donors (Lipinski definition) is 4. The van der Waals surface area contributed by atoms with Crippen LogP contribution in [0.4, 0.5) is 16.2 Å². The summed E-state index contributed by atoms with van der Waals surface area (Å²) in [7, 11) is -3.76. The van der Waals surface area contributed by atoms with Gasteiger partial charge in [-0.05, 0) is 80.6 Å². The molecular weight excluding hydrogens is 404 g/mol. The number of nitrogens with two attached hydrogens (primary N) is 1. The Labute approximate surface area is 177 Å². The zero-order valence-corrected chi connectivity index (χ0v) is 18.7. The van der Waals surface area contributed by atoms with Crippen molar-refractivity contribution in [3.8, 4) is 0 Å². The number of sulfonamides is 1. The van der Waals surface area contributed by atoms with E-state index in [4.69, 9.17) is 5.73 Å². The molecule has 0 aliphatic rings. The molecule has 3 amide bonds. The van der Waals surface area contributed by atoms with Crippen LogP contribution in [-0.4, -0.2) is 26.9 Å². The normalized spacial score (nSPS) is 11.2. The molecule has 0 fully saturated rings. The summed E-state index contributed by atoms with van der Waals surface area (Å²) in [5.41, 5.74) is 10.4. The van der Waals surface area contributed by atoms with Gasteiger partial charge in [-0.2, -0.15) is 0 Å². The van der Waals surface area contributed by atoms with Gasteiger partial charge in [-0.1, -0.05) is 6.07 Å². The minimum atomic E-state index is -3.76. The Morgan fingerprint density at radius 2 is 1.37 bits per heavy atom. The van der Waals surface area contributed by atoms with Gasteiger partial charge in [0.2, 0.25) is 15.9 Å². The Kier molecular flexibility index (Phi) is 7.22. The van der Waals surface area contributed by atoms with Gasteiger partial charge in [0, 0.05) is 24.3 Å². The number of anilines is 2. The Bertz CT molecular complexity index is 1070. The van der Waals surface area contributed by atoms with Crippen LogP contribution in [0.15, 0.2) is 29.2 Å². The predicted molar refractivity (Wildman–Crippen MR) is 118 cm³/mol. The van der Waals surface area contributed by atoms with Gasteiger partial charge >= 0.3 is 6.03 Å². The lowest BCUT2D eigenvalue weighted by molar-refractivity contribution is -0.116. The Hall–Kier alpha value is -2.91. The van der Waals surface area contributed by atoms with Gasteiger partial charge < -0.3 is 16.4 Å². The van der Waals surface area contributed by atoms with Crippen LogP contribution in [0.1, 0.15) is 34.2 Å². The van der Waals surface area contributed by atoms with Gasteiger partial charge in [0.15, 0.2) is 0 Å². The number of hydrogen-bond acceptors (Lipinski definition) is 4. The van der Waals surface area contributed by atoms with E-state index in [2.05, 4.69) is 15.4 Å². The molecule has 0 aliphatic heterocycles. The molecule has 0 spiro atoms. The third-order valence-corrected chi connectivity index (χ3v) is 6.99. The molecule has 162 valence electrons. The maximum Gasteiger partial charge on any atom is 0.316 e. The standard InChI is InChI=1S/C21H28N4O4S/c1-12-13(2)15(4)20(16(5)14(12)3)30(28,29)23-10-9-19(26)24-17-7-6-8-18(11-17)25-21(22)27/h6-8,11,23H,9-10H2,1-5H3,(H,24,26)(H3,22,25,27). The first-order valence-electron chi connectivity index (χ1n) is 9.47. The van der Waals surface area contributed by atoms with Gasteiger partial charge in [0.1, 0.15) is 0 Å². The fraction of sp³-hybridized carbons (Fsp3) is 0.333. The molecule has 2 rings (SSSR count). The van der Waals surface area contributed by atoms with Crippen LogP contribution < -0.4 is 21.1 Å². The van der Waals surface area contributed by atoms with Crippen molar-refractivity contribution >= 4 is 33.3 Å². The van der Waals surface area contributed by atoms with E-state index in [9.17, 15) is 18.0 Å². The third kappa shape index (κ3) is 5.37. The van der Waals surface area contributed by atoms with E-state index in [1.54, 1.807) is 38.1 Å². The van der Waals surface area contributed by atoms with Crippen molar-refractivity contribution in [3.63, 3.8) is 0 Å². The quantitative estimate of drug-likeness (QED) is 0.536. The van der Waals surface area contributed by atoms with Gasteiger partial charge in [-0.15, -0.1) is 0 Å². The van der Waals surface area contributed by atoms with E-state index in [1.165, 1.54) is 0 Å². The van der Waals surface area contributed by atoms with Gasteiger partial charge in [0.25, 0.3) is 0 Å². The van der Waals surface area contributed by atoms with Crippen LogP contribution in [0.2, 0.25) is 0 Å². The summed E-state index contributed by atoms with van der Waals surface area (Å²) < 4.78 is 28.3. The van der Waals surface area contributed by atoms with Gasteiger partial charge in [-0.25, -0.2) is 17.9 Å². The predicted octanol–water partition coefficient (Wildman–Crippen LogP) is 3.03. The Morgan fingerprint density at radius 3 is 1.90 bits per heavy atom. The summed E-state index contributed by atoms with van der Waals surface area (Å²) in [6, 6.07) is 5.78. The molecular formula is C21H28N4O4S. The van der Waals surface area contributed by atoms with Crippen molar-refractivity contribution in [2.75, 3.05) is 17.2 Å². The Balaban J connectivity index is 2.05. The lowest BCUT2D eigenvalue weighted by Crippen LogP contribution is -2.29. The van der Waals surface area contributed by atoms with E-state index in [0.717, 1.165) is 16.7 Å². The van der Waals surface area contributed by atoms with Crippen LogP contribution in [0, 0.1) is 34.6 Å². The SMILES string of the molecule is Cc1c(C)c(C)c(S(=O)(=O)NCCC(=O)Nc2cccc(NC(N)=O)c2)c(C)c1C. The third-order valence-electron chi connectivity index (χ3n) is 5.26. The number of amides is 3. The highest BCUT2D eigenvalue weighted by atomic mass is 32.2. The zero-order valence-electron chi connectivity index (χ0n) is 17.8. The molecule has 0 atom stereocenters. The highest BCUT2D eigenvalue weighted by Crippen LogP contribution is 2.29. The van der Waals surface area contributed by atoms with E-state index < -0.39 is 16.1 Å². The molecule has 0 bridgehead atoms. The molecule has 0 aliphatic carbocycles. The van der Waals surface area contributed by atoms with Crippen LogP contribution in [0.5, 0.6) is 0 Å². The number of rotatable bonds is 7. The first kappa shape index (κ1) is 23.4. The maximum absolute atomic E-state index is 12.9. The van der Waals surface area contributed by atoms with Crippen LogP contribution >= 0.6 is 0 Å². The van der Waals surface area contributed by atoms with Gasteiger partial charge in [0.05, 0.1) is 4.90 Å². The van der Waals surface area contributed by atoms with Gasteiger partial charge in [-0.3, -0.25) is 4.79 Å². The fourth-order valence-electron chi connectivity index (χ4n) is 3.28. The van der Waals surface area contributed by atoms with Crippen LogP contribution in [-0.2, 0) is 14.8 Å². The molecule has 0 radical (unpaired) electrons. The summed E-state index contributed by atoms with van der Waals surface area (Å²) in [4.78, 5) is 23.4. The zero-order chi connectivity index (χ0) is 22.6. The molecule has 0 unspecified atom stereocenters. The molecule has 30 heavy (non-hydrogen) atoms. The first-order chi connectivity index (χ1) is 13.9. The molecule has 5 N–H and O–H groups in total. The fourth-order valence-corrected chi connectivity index (χ4v) is 4.91. The number of nitrogens with one attached hydrogen (secondary N) is 3. The number of urea groups is 1. The van der Waals surface area contributed by atoms with Crippen molar-refractivity contribution in [1.29, 1.82) is 0 Å². The minimum Gasteiger partial charge on any atom is -0.351 e. The summed E-state index contributed by atoms with van der Waals surface area (Å²) in [6.07, 6.45) is -0.0470. The van der Waals surface area contributed by atoms with Crippen LogP contribution in [0.3, 0.4) is 0 Å². The minimum absolute atomic E-state index is 0.0434. The first-order valence-corrected chi connectivity index (χ1v) is 11.0. The van der Waals surface area contributed by atoms with Crippen molar-refractivity contribution < 1.29 is 18.0 Å². The molecule has 0 heterocycles. The maximum atomic E-state index is 12.9. The van der Waals surface area contributed by atoms with Crippen molar-refractivity contribution in [2.24, 2.45) is 5.73 Å². The lowest BCUT2D eigenvalue weighted by atomic mass is 9.95. The van der Waals surface area contributed by atoms with Crippen molar-refractivity contribution in [2.45, 2.75) is 45.9 Å². The molecule has 2 aromatic rings. The summed E-state index contributed by atoms with van der Waals surface area (Å²) in [5.74, 6) is -0.362. The summed E-state index contributed by atoms with van der Waals surface area (Å²) in [5, 5.41) is 5.08. The largest absolute Gasteiger partial charge is 0.351 e. The average Bonchev–Trinajstić information content (AvgIpc) is 2.64. The van der Waals surface area contributed by atoms with E-state index in [0.29, 0.717) is 22.5 Å². The average molecular weight is 433 g/mol. The molecule has 0 saturated heterocycles. The monoisotopic (exact) mass is 432 g/mol. The lowest BCUT2D eigenvalue weighted by Gasteiger charge is -2.19. The molecule has 0 saturated carbocycles. The summed E-state index contributed by atoms with van der Waals surface area (Å²) >= 11 is 0. The molecule has 2 aromatic carbocycles. The highest BCUT2D eigenvalue weighted by Gasteiger charge is 2.23. The number of carbonyl (C=O) groups is 2. The Morgan fingerprint density at radius 1 is 0.867 bits per heavy atom. The van der Waals surface area contributed by atoms with Crippen LogP contribution in [0.25, 0.3) is 0 Å². The smallest absolute Gasteiger partial charge is 0.316 e. The van der Waals surface area contributed by atoms with E-state index >= 15 is 0 Å². The second-order valence-corrected chi connectivity index (χ2v) is 8.92. The number of carbonyl (C=O) groups excluding carboxylic acids is 2. The van der Waals surface area contributed by atoms with E-state index in [1.807, 2.05) is 20.8 Å². The second-order valence-electron chi connectivity index (χ2n) is 7.22. The van der Waals surface area contributed by atoms with Crippen molar-refractivity contribution in [1.82, 2.24) is 4.72 Å². The van der Waals surface area contributed by atoms with E-state index in [-0.39, 0.29) is 23.8 Å². The number of primary amides is 1. The molecule has 9 heteroatoms. The highest BCUT2D eigenvalue weighted by molar-refractivity contribution is 7.89.